The number of aliphatic imine (C=N–C) groups is 1. The van der Waals surface area contributed by atoms with Crippen molar-refractivity contribution in [1.29, 1.82) is 0 Å². The lowest BCUT2D eigenvalue weighted by molar-refractivity contribution is 0.645. The third-order valence-corrected chi connectivity index (χ3v) is 7.37. The van der Waals surface area contributed by atoms with Crippen molar-refractivity contribution in [2.24, 2.45) is 10.9 Å². The van der Waals surface area contributed by atoms with E-state index in [1.807, 2.05) is 18.5 Å². The van der Waals surface area contributed by atoms with Crippen LogP contribution >= 0.6 is 22.9 Å². The average Bonchev–Trinajstić information content (AvgIpc) is 3.09. The van der Waals surface area contributed by atoms with Gasteiger partial charge in [-0.05, 0) is 88.2 Å². The van der Waals surface area contributed by atoms with Crippen LogP contribution in [0.3, 0.4) is 0 Å². The van der Waals surface area contributed by atoms with Gasteiger partial charge in [0.1, 0.15) is 0 Å². The molecule has 2 heterocycles. The molecule has 6 rings (SSSR count). The summed E-state index contributed by atoms with van der Waals surface area (Å²) in [4.78, 5) is 5.39. The van der Waals surface area contributed by atoms with Crippen LogP contribution in [0.1, 0.15) is 41.3 Å². The second-order valence-corrected chi connectivity index (χ2v) is 9.50. The van der Waals surface area contributed by atoms with Crippen molar-refractivity contribution < 1.29 is 0 Å². The third-order valence-electron chi connectivity index (χ3n) is 6.24. The van der Waals surface area contributed by atoms with E-state index in [0.29, 0.717) is 5.92 Å². The molecule has 150 valence electrons. The summed E-state index contributed by atoms with van der Waals surface area (Å²) in [5, 5.41) is 5.55. The molecular weight excluding hydrogens is 406 g/mol. The highest BCUT2D eigenvalue weighted by Gasteiger charge is 2.24. The van der Waals surface area contributed by atoms with Crippen molar-refractivity contribution >= 4 is 45.5 Å². The van der Waals surface area contributed by atoms with Crippen LogP contribution in [0.15, 0.2) is 76.8 Å². The summed E-state index contributed by atoms with van der Waals surface area (Å²) in [6.45, 7) is 2.35. The topological polar surface area (TPSA) is 12.4 Å². The highest BCUT2D eigenvalue weighted by Crippen LogP contribution is 2.42. The maximum absolute atomic E-state index is 6.11. The van der Waals surface area contributed by atoms with Crippen LogP contribution in [0.4, 0.5) is 0 Å². The largest absolute Gasteiger partial charge is 0.264 e. The second kappa shape index (κ2) is 8.37. The SMILES string of the molecule is C1=CN=Cc2sccc2C1.CC1CC=CC2=C1CCc1c2ccc2cc(Cl)ccc12. The Morgan fingerprint density at radius 1 is 1.07 bits per heavy atom. The molecule has 0 fully saturated rings. The molecule has 1 unspecified atom stereocenters. The molecule has 1 aliphatic heterocycles. The Balaban J connectivity index is 0.000000161. The Morgan fingerprint density at radius 2 is 2.00 bits per heavy atom. The van der Waals surface area contributed by atoms with Gasteiger partial charge in [0, 0.05) is 22.3 Å². The molecule has 2 aromatic carbocycles. The van der Waals surface area contributed by atoms with Crippen LogP contribution in [0, 0.1) is 5.92 Å². The summed E-state index contributed by atoms with van der Waals surface area (Å²) < 4.78 is 0. The molecule has 3 aromatic rings. The molecule has 1 nitrogen and oxygen atoms in total. The number of fused-ring (bicyclic) bond motifs is 5. The van der Waals surface area contributed by atoms with E-state index in [4.69, 9.17) is 11.6 Å². The van der Waals surface area contributed by atoms with Gasteiger partial charge < -0.3 is 0 Å². The van der Waals surface area contributed by atoms with Gasteiger partial charge in [-0.25, -0.2) is 0 Å². The van der Waals surface area contributed by atoms with Crippen molar-refractivity contribution in [2.75, 3.05) is 0 Å². The number of thiophene rings is 1. The molecule has 1 atom stereocenters. The minimum Gasteiger partial charge on any atom is -0.264 e. The molecule has 0 saturated heterocycles. The van der Waals surface area contributed by atoms with Gasteiger partial charge in [-0.15, -0.1) is 11.3 Å². The fourth-order valence-electron chi connectivity index (χ4n) is 4.68. The van der Waals surface area contributed by atoms with Gasteiger partial charge in [0.05, 0.1) is 0 Å². The van der Waals surface area contributed by atoms with E-state index in [2.05, 4.69) is 65.9 Å². The molecule has 0 N–H and O–H groups in total. The standard InChI is InChI=1S/C19H17Cl.C8H7NS/c1-12-3-2-4-17-15(12)9-10-18-16-8-6-14(20)11-13(16)5-7-19(17)18;1-2-7-3-5-10-8(7)6-9-4-1/h2,4-8,11-12H,3,9-10H2,1H3;1,3-6H,2H2. The van der Waals surface area contributed by atoms with Crippen molar-refractivity contribution in [3.63, 3.8) is 0 Å². The van der Waals surface area contributed by atoms with E-state index in [-0.39, 0.29) is 0 Å². The van der Waals surface area contributed by atoms with Gasteiger partial charge in [0.2, 0.25) is 0 Å². The second-order valence-electron chi connectivity index (χ2n) is 8.11. The highest BCUT2D eigenvalue weighted by atomic mass is 35.5. The predicted molar refractivity (Wildman–Crippen MR) is 132 cm³/mol. The lowest BCUT2D eigenvalue weighted by Gasteiger charge is -2.29. The number of allylic oxidation sites excluding steroid dienone is 5. The first-order valence-electron chi connectivity index (χ1n) is 10.6. The van der Waals surface area contributed by atoms with E-state index in [1.165, 1.54) is 50.8 Å². The summed E-state index contributed by atoms with van der Waals surface area (Å²) in [6.07, 6.45) is 15.1. The van der Waals surface area contributed by atoms with Crippen molar-refractivity contribution in [3.05, 3.63) is 98.4 Å². The van der Waals surface area contributed by atoms with E-state index >= 15 is 0 Å². The van der Waals surface area contributed by atoms with Crippen LogP contribution in [0.25, 0.3) is 16.3 Å². The summed E-state index contributed by atoms with van der Waals surface area (Å²) in [5.74, 6) is 0.698. The van der Waals surface area contributed by atoms with Gasteiger partial charge in [0.15, 0.2) is 0 Å². The Hall–Kier alpha value is -2.42. The summed E-state index contributed by atoms with van der Waals surface area (Å²) in [6, 6.07) is 12.9. The van der Waals surface area contributed by atoms with Gasteiger partial charge in [-0.2, -0.15) is 0 Å². The van der Waals surface area contributed by atoms with Crippen LogP contribution in [0.5, 0.6) is 0 Å². The molecule has 0 amide bonds. The van der Waals surface area contributed by atoms with Gasteiger partial charge >= 0.3 is 0 Å². The Morgan fingerprint density at radius 3 is 2.93 bits per heavy atom. The van der Waals surface area contributed by atoms with Crippen molar-refractivity contribution in [2.45, 2.75) is 32.6 Å². The van der Waals surface area contributed by atoms with Crippen molar-refractivity contribution in [1.82, 2.24) is 0 Å². The number of nitrogens with zero attached hydrogens (tertiary/aromatic N) is 1. The minimum atomic E-state index is 0.698. The normalized spacial score (nSPS) is 18.9. The molecular formula is C27H24ClNS. The highest BCUT2D eigenvalue weighted by molar-refractivity contribution is 7.11. The first-order chi connectivity index (χ1) is 14.7. The first-order valence-corrected chi connectivity index (χ1v) is 11.8. The molecule has 0 spiro atoms. The van der Waals surface area contributed by atoms with E-state index in [1.54, 1.807) is 16.9 Å². The number of benzene rings is 2. The summed E-state index contributed by atoms with van der Waals surface area (Å²) in [7, 11) is 0. The molecule has 0 saturated carbocycles. The van der Waals surface area contributed by atoms with Crippen LogP contribution in [-0.4, -0.2) is 6.21 Å². The number of halogens is 1. The number of rotatable bonds is 0. The molecule has 2 aliphatic carbocycles. The van der Waals surface area contributed by atoms with Crippen LogP contribution < -0.4 is 0 Å². The molecule has 3 aliphatic rings. The lowest BCUT2D eigenvalue weighted by atomic mass is 9.76. The molecule has 3 heteroatoms. The summed E-state index contributed by atoms with van der Waals surface area (Å²) in [5.41, 5.74) is 7.44. The van der Waals surface area contributed by atoms with Gasteiger partial charge in [0.25, 0.3) is 0 Å². The molecule has 1 aromatic heterocycles. The fourth-order valence-corrected chi connectivity index (χ4v) is 5.66. The van der Waals surface area contributed by atoms with E-state index in [0.717, 1.165) is 17.9 Å². The van der Waals surface area contributed by atoms with Crippen molar-refractivity contribution in [3.8, 4) is 0 Å². The van der Waals surface area contributed by atoms with Crippen LogP contribution in [-0.2, 0) is 12.8 Å². The smallest absolute Gasteiger partial charge is 0.0488 e. The fraction of sp³-hybridized carbons (Fsp3) is 0.222. The first kappa shape index (κ1) is 19.5. The minimum absolute atomic E-state index is 0.698. The van der Waals surface area contributed by atoms with Crippen LogP contribution in [0.2, 0.25) is 5.02 Å². The van der Waals surface area contributed by atoms with Gasteiger partial charge in [-0.3, -0.25) is 4.99 Å². The zero-order valence-corrected chi connectivity index (χ0v) is 18.6. The zero-order valence-electron chi connectivity index (χ0n) is 17.1. The number of aryl methyl sites for hydroxylation is 1. The Labute approximate surface area is 187 Å². The van der Waals surface area contributed by atoms with Gasteiger partial charge in [-0.1, -0.05) is 60.5 Å². The average molecular weight is 430 g/mol. The van der Waals surface area contributed by atoms with E-state index < -0.39 is 0 Å². The third kappa shape index (κ3) is 3.71. The molecule has 0 radical (unpaired) electrons. The summed E-state index contributed by atoms with van der Waals surface area (Å²) >= 11 is 7.86. The predicted octanol–water partition coefficient (Wildman–Crippen LogP) is 8.03. The lowest BCUT2D eigenvalue weighted by Crippen LogP contribution is -2.12. The quantitative estimate of drug-likeness (QED) is 0.343. The molecule has 0 bridgehead atoms. The maximum Gasteiger partial charge on any atom is 0.0488 e. The number of hydrogen-bond donors (Lipinski definition) is 0. The Bertz CT molecular complexity index is 1220. The molecule has 30 heavy (non-hydrogen) atoms. The van der Waals surface area contributed by atoms with E-state index in [9.17, 15) is 0 Å². The zero-order chi connectivity index (χ0) is 20.5. The number of hydrogen-bond acceptors (Lipinski definition) is 2. The maximum atomic E-state index is 6.11. The monoisotopic (exact) mass is 429 g/mol. The Kier molecular flexibility index (Phi) is 5.45.